The van der Waals surface area contributed by atoms with Gasteiger partial charge < -0.3 is 0 Å². The Labute approximate surface area is 209 Å². The predicted molar refractivity (Wildman–Crippen MR) is 139 cm³/mol. The number of aromatic nitrogens is 4. The van der Waals surface area contributed by atoms with Gasteiger partial charge in [0.1, 0.15) is 0 Å². The number of fused-ring (bicyclic) bond motifs is 2. The van der Waals surface area contributed by atoms with Crippen LogP contribution in [-0.2, 0) is 0 Å². The van der Waals surface area contributed by atoms with Crippen molar-refractivity contribution in [3.63, 3.8) is 0 Å². The van der Waals surface area contributed by atoms with Crippen molar-refractivity contribution in [2.45, 2.75) is 27.7 Å². The van der Waals surface area contributed by atoms with Gasteiger partial charge >= 0.3 is 210 Å². The van der Waals surface area contributed by atoms with Gasteiger partial charge in [-0.1, -0.05) is 0 Å². The van der Waals surface area contributed by atoms with Crippen LogP contribution in [0.4, 0.5) is 0 Å². The van der Waals surface area contributed by atoms with E-state index in [0.29, 0.717) is 25.0 Å². The number of hydrogen-bond acceptors (Lipinski definition) is 5. The van der Waals surface area contributed by atoms with Gasteiger partial charge in [-0.3, -0.25) is 0 Å². The van der Waals surface area contributed by atoms with E-state index < -0.39 is 0 Å². The van der Waals surface area contributed by atoms with Gasteiger partial charge in [0.25, 0.3) is 0 Å². The second-order valence-electron chi connectivity index (χ2n) is 9.13. The zero-order chi connectivity index (χ0) is 23.7. The van der Waals surface area contributed by atoms with Crippen molar-refractivity contribution in [3.8, 4) is 33.8 Å². The van der Waals surface area contributed by atoms with Crippen molar-refractivity contribution in [2.75, 3.05) is 13.2 Å². The molecule has 0 aliphatic carbocycles. The molecular formula is C26H26N4O2SSe. The summed E-state index contributed by atoms with van der Waals surface area (Å²) in [6.07, 6.45) is 0. The number of nitrogens with zero attached hydrogens (tertiary/aromatic N) is 4. The van der Waals surface area contributed by atoms with Gasteiger partial charge in [-0.25, -0.2) is 0 Å². The molecular weight excluding hydrogens is 511 g/mol. The number of benzene rings is 3. The minimum absolute atomic E-state index is 0.186. The number of rotatable bonds is 8. The monoisotopic (exact) mass is 538 g/mol. The summed E-state index contributed by atoms with van der Waals surface area (Å²) < 4.78 is 30.7. The molecule has 5 aromatic rings. The van der Waals surface area contributed by atoms with E-state index in [1.807, 2.05) is 24.3 Å². The van der Waals surface area contributed by atoms with E-state index in [4.69, 9.17) is 17.4 Å². The van der Waals surface area contributed by atoms with E-state index >= 15 is 0 Å². The van der Waals surface area contributed by atoms with E-state index in [1.165, 1.54) is 11.7 Å². The van der Waals surface area contributed by atoms with E-state index in [2.05, 4.69) is 60.7 Å². The molecule has 0 saturated heterocycles. The minimum atomic E-state index is -0.186. The number of ether oxygens (including phenoxy) is 2. The van der Waals surface area contributed by atoms with Gasteiger partial charge in [-0.05, 0) is 0 Å². The third-order valence-corrected chi connectivity index (χ3v) is 7.01. The van der Waals surface area contributed by atoms with E-state index in [0.717, 1.165) is 55.8 Å². The summed E-state index contributed by atoms with van der Waals surface area (Å²) in [6.45, 7) is 9.96. The molecule has 0 atom stereocenters. The quantitative estimate of drug-likeness (QED) is 0.180. The molecule has 0 N–H and O–H groups in total. The Morgan fingerprint density at radius 3 is 1.76 bits per heavy atom. The summed E-state index contributed by atoms with van der Waals surface area (Å²) in [5.41, 5.74) is 7.64. The van der Waals surface area contributed by atoms with Crippen LogP contribution >= 0.6 is 11.7 Å². The molecule has 6 nitrogen and oxygen atoms in total. The molecule has 0 spiro atoms. The SMILES string of the molecule is CC(C)COc1ccc(-c2c3n[se]nc3c(-c3ccc(OCC(C)C)cc3)c3[n-][s+]nc23)cc1. The van der Waals surface area contributed by atoms with Gasteiger partial charge in [-0.2, -0.15) is 0 Å². The van der Waals surface area contributed by atoms with Gasteiger partial charge in [-0.15, -0.1) is 0 Å². The Morgan fingerprint density at radius 1 is 0.735 bits per heavy atom. The molecule has 0 bridgehead atoms. The van der Waals surface area contributed by atoms with Crippen LogP contribution in [0.15, 0.2) is 48.5 Å². The maximum atomic E-state index is 5.87. The van der Waals surface area contributed by atoms with Crippen LogP contribution in [0.3, 0.4) is 0 Å². The third kappa shape index (κ3) is 4.58. The van der Waals surface area contributed by atoms with Crippen LogP contribution in [0.25, 0.3) is 44.3 Å². The molecule has 0 aliphatic rings. The van der Waals surface area contributed by atoms with Gasteiger partial charge in [0.05, 0.1) is 0 Å². The Bertz CT molecular complexity index is 1250. The van der Waals surface area contributed by atoms with Crippen LogP contribution in [0, 0.1) is 11.8 Å². The van der Waals surface area contributed by atoms with Gasteiger partial charge in [0.15, 0.2) is 0 Å². The zero-order valence-electron chi connectivity index (χ0n) is 19.6. The van der Waals surface area contributed by atoms with Crippen molar-refractivity contribution in [2.24, 2.45) is 11.8 Å². The summed E-state index contributed by atoms with van der Waals surface area (Å²) in [5, 5.41) is 0. The van der Waals surface area contributed by atoms with Gasteiger partial charge in [0.2, 0.25) is 0 Å². The molecule has 2 aromatic heterocycles. The molecule has 2 heterocycles. The zero-order valence-corrected chi connectivity index (χ0v) is 22.1. The molecule has 0 fully saturated rings. The molecule has 174 valence electrons. The molecule has 5 rings (SSSR count). The van der Waals surface area contributed by atoms with Crippen LogP contribution in [0.2, 0.25) is 0 Å². The summed E-state index contributed by atoms with van der Waals surface area (Å²) in [7, 11) is 0. The van der Waals surface area contributed by atoms with Crippen molar-refractivity contribution in [1.29, 1.82) is 0 Å². The molecule has 0 amide bonds. The Hall–Kier alpha value is -2.80. The topological polar surface area (TPSA) is 71.2 Å². The average molecular weight is 538 g/mol. The fourth-order valence-corrected chi connectivity index (χ4v) is 5.50. The van der Waals surface area contributed by atoms with Gasteiger partial charge in [0, 0.05) is 0 Å². The molecule has 0 radical (unpaired) electrons. The van der Waals surface area contributed by atoms with Crippen molar-refractivity contribution >= 4 is 48.8 Å². The summed E-state index contributed by atoms with van der Waals surface area (Å²) in [4.78, 5) is 0. The van der Waals surface area contributed by atoms with E-state index in [-0.39, 0.29) is 15.0 Å². The first-order chi connectivity index (χ1) is 16.5. The van der Waals surface area contributed by atoms with Crippen molar-refractivity contribution in [3.05, 3.63) is 48.5 Å². The molecule has 0 aliphatic heterocycles. The molecule has 3 aromatic carbocycles. The Balaban J connectivity index is 1.57. The molecule has 8 heteroatoms. The second kappa shape index (κ2) is 9.82. The Morgan fingerprint density at radius 2 is 1.24 bits per heavy atom. The summed E-state index contributed by atoms with van der Waals surface area (Å²) in [5.74, 6) is 2.69. The second-order valence-corrected chi connectivity index (χ2v) is 10.8. The summed E-state index contributed by atoms with van der Waals surface area (Å²) >= 11 is 1.04. The van der Waals surface area contributed by atoms with Crippen molar-refractivity contribution in [1.82, 2.24) is 16.7 Å². The summed E-state index contributed by atoms with van der Waals surface area (Å²) in [6, 6.07) is 16.3. The molecule has 0 unspecified atom stereocenters. The van der Waals surface area contributed by atoms with Crippen LogP contribution in [0.5, 0.6) is 11.5 Å². The van der Waals surface area contributed by atoms with Crippen molar-refractivity contribution < 1.29 is 9.47 Å². The molecule has 0 saturated carbocycles. The van der Waals surface area contributed by atoms with Crippen LogP contribution in [-0.4, -0.2) is 40.5 Å². The first-order valence-corrected chi connectivity index (χ1v) is 13.6. The average Bonchev–Trinajstić information content (AvgIpc) is 3.51. The first kappa shape index (κ1) is 23.0. The Kier molecular flexibility index (Phi) is 6.63. The predicted octanol–water partition coefficient (Wildman–Crippen LogP) is 5.94. The maximum absolute atomic E-state index is 5.87. The fraction of sp³-hybridized carbons (Fsp3) is 0.308. The molecule has 34 heavy (non-hydrogen) atoms. The standard InChI is InChI=1S/C26H26N4O2SSe/c1-15(2)13-31-19-9-5-17(6-10-19)21-23-24(28-33-27-23)22(26-25(21)29-34-30-26)18-7-11-20(12-8-18)32-14-16(3)4/h5-12,15-16H,13-14H2,1-4H3. The van der Waals surface area contributed by atoms with Crippen LogP contribution in [0.1, 0.15) is 27.7 Å². The first-order valence-electron chi connectivity index (χ1n) is 11.4. The van der Waals surface area contributed by atoms with Crippen LogP contribution < -0.4 is 13.8 Å². The number of hydrogen-bond donors (Lipinski definition) is 0. The normalized spacial score (nSPS) is 11.7. The van der Waals surface area contributed by atoms with E-state index in [9.17, 15) is 0 Å². The van der Waals surface area contributed by atoms with E-state index in [1.54, 1.807) is 0 Å². The third-order valence-electron chi connectivity index (χ3n) is 5.38. The fourth-order valence-electron chi connectivity index (χ4n) is 3.77.